The fourth-order valence-corrected chi connectivity index (χ4v) is 3.32. The largest absolute Gasteiger partial charge is 0.484 e. The summed E-state index contributed by atoms with van der Waals surface area (Å²) in [5.74, 6) is 1.14. The highest BCUT2D eigenvalue weighted by Gasteiger charge is 2.30. The Morgan fingerprint density at radius 3 is 2.77 bits per heavy atom. The van der Waals surface area contributed by atoms with Crippen molar-refractivity contribution in [2.24, 2.45) is 0 Å². The Bertz CT molecular complexity index is 988. The normalized spacial score (nSPS) is 15.9. The first-order valence-corrected chi connectivity index (χ1v) is 9.86. The molecule has 0 saturated carbocycles. The zero-order valence-electron chi connectivity index (χ0n) is 16.7. The summed E-state index contributed by atoms with van der Waals surface area (Å²) in [7, 11) is 0. The summed E-state index contributed by atoms with van der Waals surface area (Å²) < 4.78 is 23.7. The van der Waals surface area contributed by atoms with Crippen molar-refractivity contribution in [2.75, 3.05) is 13.1 Å². The van der Waals surface area contributed by atoms with E-state index in [-0.39, 0.29) is 24.4 Å². The second kappa shape index (κ2) is 8.94. The smallest absolute Gasteiger partial charge is 0.317 e. The van der Waals surface area contributed by atoms with Crippen LogP contribution in [0.1, 0.15) is 35.2 Å². The van der Waals surface area contributed by atoms with E-state index in [1.54, 1.807) is 4.90 Å². The minimum absolute atomic E-state index is 0.0263. The van der Waals surface area contributed by atoms with E-state index in [0.29, 0.717) is 37.1 Å². The number of likely N-dealkylation sites (tertiary alicyclic amines) is 1. The molecule has 7 nitrogen and oxygen atoms in total. The van der Waals surface area contributed by atoms with Crippen molar-refractivity contribution in [3.63, 3.8) is 0 Å². The van der Waals surface area contributed by atoms with Gasteiger partial charge in [-0.3, -0.25) is 0 Å². The number of ether oxygens (including phenoxy) is 1. The van der Waals surface area contributed by atoms with Gasteiger partial charge < -0.3 is 19.5 Å². The number of nitrogens with one attached hydrogen (secondary N) is 1. The molecule has 1 saturated heterocycles. The second-order valence-corrected chi connectivity index (χ2v) is 7.36. The molecule has 2 heterocycles. The lowest BCUT2D eigenvalue weighted by molar-refractivity contribution is 0.207. The fourth-order valence-electron chi connectivity index (χ4n) is 3.32. The maximum Gasteiger partial charge on any atom is 0.317 e. The molecule has 1 N–H and O–H groups in total. The van der Waals surface area contributed by atoms with Crippen LogP contribution in [0.4, 0.5) is 9.18 Å². The minimum atomic E-state index is -0.323. The molecule has 1 aliphatic heterocycles. The number of amides is 2. The first kappa shape index (κ1) is 19.9. The third kappa shape index (κ3) is 4.94. The number of carbonyl (C=O) groups is 1. The Hall–Kier alpha value is -3.42. The van der Waals surface area contributed by atoms with E-state index in [4.69, 9.17) is 9.26 Å². The Kier molecular flexibility index (Phi) is 5.92. The number of rotatable bonds is 6. The van der Waals surface area contributed by atoms with Gasteiger partial charge in [0.1, 0.15) is 11.6 Å². The maximum atomic E-state index is 12.9. The molecule has 1 fully saturated rings. The standard InChI is InChI=1S/C22H23FN4O3/c1-15-2-4-16(5-3-15)12-24-22(28)27-11-10-17(13-27)21-25-20(30-26-21)14-29-19-8-6-18(23)7-9-19/h2-9,17H,10-14H2,1H3,(H,24,28). The van der Waals surface area contributed by atoms with E-state index < -0.39 is 0 Å². The van der Waals surface area contributed by atoms with Crippen LogP contribution in [-0.2, 0) is 13.2 Å². The quantitative estimate of drug-likeness (QED) is 0.669. The summed E-state index contributed by atoms with van der Waals surface area (Å²) in [4.78, 5) is 18.6. The van der Waals surface area contributed by atoms with Gasteiger partial charge in [0.05, 0.1) is 0 Å². The third-order valence-corrected chi connectivity index (χ3v) is 5.06. The van der Waals surface area contributed by atoms with Crippen molar-refractivity contribution in [1.29, 1.82) is 0 Å². The maximum absolute atomic E-state index is 12.9. The predicted molar refractivity (Wildman–Crippen MR) is 107 cm³/mol. The van der Waals surface area contributed by atoms with Gasteiger partial charge in [0, 0.05) is 25.6 Å². The van der Waals surface area contributed by atoms with Crippen molar-refractivity contribution >= 4 is 6.03 Å². The monoisotopic (exact) mass is 410 g/mol. The lowest BCUT2D eigenvalue weighted by Crippen LogP contribution is -2.38. The van der Waals surface area contributed by atoms with Gasteiger partial charge in [0.25, 0.3) is 5.89 Å². The molecule has 1 unspecified atom stereocenters. The van der Waals surface area contributed by atoms with Crippen LogP contribution in [0.5, 0.6) is 5.75 Å². The highest BCUT2D eigenvalue weighted by Crippen LogP contribution is 2.25. The molecule has 8 heteroatoms. The molecule has 2 amide bonds. The topological polar surface area (TPSA) is 80.5 Å². The first-order valence-electron chi connectivity index (χ1n) is 9.86. The first-order chi connectivity index (χ1) is 14.6. The molecule has 0 aliphatic carbocycles. The van der Waals surface area contributed by atoms with Gasteiger partial charge in [-0.15, -0.1) is 0 Å². The van der Waals surface area contributed by atoms with Crippen molar-refractivity contribution in [1.82, 2.24) is 20.4 Å². The Morgan fingerprint density at radius 2 is 2.00 bits per heavy atom. The Balaban J connectivity index is 1.26. The van der Waals surface area contributed by atoms with Crippen LogP contribution in [0.3, 0.4) is 0 Å². The SMILES string of the molecule is Cc1ccc(CNC(=O)N2CCC(c3noc(COc4ccc(F)cc4)n3)C2)cc1. The Labute approximate surface area is 173 Å². The van der Waals surface area contributed by atoms with Crippen molar-refractivity contribution in [3.05, 3.63) is 77.2 Å². The molecular weight excluding hydrogens is 387 g/mol. The van der Waals surface area contributed by atoms with Crippen LogP contribution in [0.25, 0.3) is 0 Å². The van der Waals surface area contributed by atoms with Crippen molar-refractivity contribution in [2.45, 2.75) is 32.4 Å². The summed E-state index contributed by atoms with van der Waals surface area (Å²) in [6.07, 6.45) is 0.774. The van der Waals surface area contributed by atoms with E-state index in [2.05, 4.69) is 15.5 Å². The fraction of sp³-hybridized carbons (Fsp3) is 0.318. The van der Waals surface area contributed by atoms with E-state index in [1.807, 2.05) is 31.2 Å². The number of benzene rings is 2. The molecule has 2 aromatic carbocycles. The lowest BCUT2D eigenvalue weighted by atomic mass is 10.1. The Morgan fingerprint density at radius 1 is 1.23 bits per heavy atom. The van der Waals surface area contributed by atoms with Crippen LogP contribution in [0.15, 0.2) is 53.1 Å². The van der Waals surface area contributed by atoms with Gasteiger partial charge in [-0.25, -0.2) is 9.18 Å². The van der Waals surface area contributed by atoms with Crippen LogP contribution >= 0.6 is 0 Å². The molecule has 30 heavy (non-hydrogen) atoms. The minimum Gasteiger partial charge on any atom is -0.484 e. The van der Waals surface area contributed by atoms with Crippen LogP contribution in [0, 0.1) is 12.7 Å². The molecule has 1 atom stereocenters. The van der Waals surface area contributed by atoms with Crippen LogP contribution in [0.2, 0.25) is 0 Å². The van der Waals surface area contributed by atoms with E-state index in [1.165, 1.54) is 29.8 Å². The number of halogens is 1. The van der Waals surface area contributed by atoms with Crippen LogP contribution in [-0.4, -0.2) is 34.2 Å². The molecule has 1 aliphatic rings. The van der Waals surface area contributed by atoms with Gasteiger partial charge >= 0.3 is 6.03 Å². The van der Waals surface area contributed by atoms with Crippen molar-refractivity contribution in [3.8, 4) is 5.75 Å². The summed E-state index contributed by atoms with van der Waals surface area (Å²) in [5.41, 5.74) is 2.25. The van der Waals surface area contributed by atoms with E-state index in [9.17, 15) is 9.18 Å². The predicted octanol–water partition coefficient (Wildman–Crippen LogP) is 3.80. The molecule has 1 aromatic heterocycles. The van der Waals surface area contributed by atoms with Gasteiger partial charge in [-0.2, -0.15) is 4.98 Å². The molecule has 3 aromatic rings. The summed E-state index contributed by atoms with van der Waals surface area (Å²) in [6, 6.07) is 13.7. The second-order valence-electron chi connectivity index (χ2n) is 7.36. The number of aromatic nitrogens is 2. The molecular formula is C22H23FN4O3. The molecule has 0 spiro atoms. The summed E-state index contributed by atoms with van der Waals surface area (Å²) in [6.45, 7) is 3.81. The molecule has 0 bridgehead atoms. The van der Waals surface area contributed by atoms with Gasteiger partial charge in [0.15, 0.2) is 12.4 Å². The summed E-state index contributed by atoms with van der Waals surface area (Å²) in [5, 5.41) is 6.99. The number of carbonyl (C=O) groups excluding carboxylic acids is 1. The van der Waals surface area contributed by atoms with Crippen molar-refractivity contribution < 1.29 is 18.4 Å². The zero-order chi connectivity index (χ0) is 20.9. The van der Waals surface area contributed by atoms with Crippen LogP contribution < -0.4 is 10.1 Å². The zero-order valence-corrected chi connectivity index (χ0v) is 16.7. The van der Waals surface area contributed by atoms with E-state index in [0.717, 1.165) is 12.0 Å². The van der Waals surface area contributed by atoms with Gasteiger partial charge in [0.2, 0.25) is 0 Å². The average molecular weight is 410 g/mol. The number of hydrogen-bond acceptors (Lipinski definition) is 5. The number of hydrogen-bond donors (Lipinski definition) is 1. The molecule has 0 radical (unpaired) electrons. The summed E-state index contributed by atoms with van der Waals surface area (Å²) >= 11 is 0. The third-order valence-electron chi connectivity index (χ3n) is 5.06. The van der Waals surface area contributed by atoms with E-state index >= 15 is 0 Å². The van der Waals surface area contributed by atoms with Gasteiger partial charge in [-0.1, -0.05) is 35.0 Å². The number of nitrogens with zero attached hydrogens (tertiary/aromatic N) is 3. The highest BCUT2D eigenvalue weighted by atomic mass is 19.1. The molecule has 4 rings (SSSR count). The van der Waals surface area contributed by atoms with Gasteiger partial charge in [-0.05, 0) is 43.2 Å². The lowest BCUT2D eigenvalue weighted by Gasteiger charge is -2.17. The average Bonchev–Trinajstić information content (AvgIpc) is 3.42. The molecule has 156 valence electrons. The highest BCUT2D eigenvalue weighted by molar-refractivity contribution is 5.74. The number of aryl methyl sites for hydroxylation is 1. The number of urea groups is 1.